The third-order valence-corrected chi connectivity index (χ3v) is 3.46. The Bertz CT molecular complexity index is 754. The zero-order valence-corrected chi connectivity index (χ0v) is 12.5. The lowest BCUT2D eigenvalue weighted by molar-refractivity contribution is -0.384. The first-order chi connectivity index (χ1) is 10.9. The van der Waals surface area contributed by atoms with E-state index < -0.39 is 29.3 Å². The highest BCUT2D eigenvalue weighted by Crippen LogP contribution is 2.21. The molecule has 2 rings (SSSR count). The van der Waals surface area contributed by atoms with Crippen LogP contribution in [0.5, 0.6) is 0 Å². The van der Waals surface area contributed by atoms with E-state index in [1.54, 1.807) is 0 Å². The Hall–Kier alpha value is -2.51. The van der Waals surface area contributed by atoms with Gasteiger partial charge in [-0.05, 0) is 23.8 Å². The molecular formula is C15H12ClFN2O4. The fourth-order valence-electron chi connectivity index (χ4n) is 1.97. The molecule has 1 unspecified atom stereocenters. The first-order valence-electron chi connectivity index (χ1n) is 6.53. The number of aliphatic hydroxyl groups is 1. The van der Waals surface area contributed by atoms with Gasteiger partial charge >= 0.3 is 0 Å². The molecule has 0 bridgehead atoms. The summed E-state index contributed by atoms with van der Waals surface area (Å²) >= 11 is 5.59. The fraction of sp³-hybridized carbons (Fsp3) is 0.133. The minimum atomic E-state index is -0.867. The van der Waals surface area contributed by atoms with Crippen molar-refractivity contribution in [3.63, 3.8) is 0 Å². The lowest BCUT2D eigenvalue weighted by atomic mass is 10.1. The highest BCUT2D eigenvalue weighted by Gasteiger charge is 2.18. The molecule has 1 atom stereocenters. The number of amides is 1. The number of carbonyl (C=O) groups is 1. The van der Waals surface area contributed by atoms with Crippen molar-refractivity contribution in [3.8, 4) is 0 Å². The van der Waals surface area contributed by atoms with Gasteiger partial charge in [-0.2, -0.15) is 0 Å². The van der Waals surface area contributed by atoms with Crippen molar-refractivity contribution in [1.29, 1.82) is 0 Å². The molecule has 120 valence electrons. The van der Waals surface area contributed by atoms with Crippen LogP contribution in [0.25, 0.3) is 0 Å². The van der Waals surface area contributed by atoms with Gasteiger partial charge in [-0.15, -0.1) is 0 Å². The lowest BCUT2D eigenvalue weighted by Gasteiger charge is -2.17. The monoisotopic (exact) mass is 338 g/mol. The third kappa shape index (κ3) is 4.02. The summed E-state index contributed by atoms with van der Waals surface area (Å²) in [7, 11) is 0. The summed E-state index contributed by atoms with van der Waals surface area (Å²) in [6.07, 6.45) is 0. The molecule has 23 heavy (non-hydrogen) atoms. The summed E-state index contributed by atoms with van der Waals surface area (Å²) in [5.74, 6) is -1.30. The quantitative estimate of drug-likeness (QED) is 0.647. The number of rotatable bonds is 5. The van der Waals surface area contributed by atoms with Crippen LogP contribution in [-0.2, 0) is 0 Å². The van der Waals surface area contributed by atoms with Crippen molar-refractivity contribution in [3.05, 3.63) is 74.5 Å². The maximum absolute atomic E-state index is 13.5. The Labute approximate surface area is 135 Å². The molecule has 0 aliphatic rings. The highest BCUT2D eigenvalue weighted by atomic mass is 35.5. The molecule has 0 saturated heterocycles. The van der Waals surface area contributed by atoms with Gasteiger partial charge < -0.3 is 10.4 Å². The van der Waals surface area contributed by atoms with Crippen molar-refractivity contribution in [2.45, 2.75) is 6.04 Å². The summed E-state index contributed by atoms with van der Waals surface area (Å²) in [5, 5.41) is 22.5. The summed E-state index contributed by atoms with van der Waals surface area (Å²) in [6.45, 7) is -0.470. The van der Waals surface area contributed by atoms with Crippen molar-refractivity contribution in [2.75, 3.05) is 6.61 Å². The van der Waals surface area contributed by atoms with Crippen molar-refractivity contribution in [2.24, 2.45) is 0 Å². The normalized spacial score (nSPS) is 11.8. The second-order valence-corrected chi connectivity index (χ2v) is 5.10. The lowest BCUT2D eigenvalue weighted by Crippen LogP contribution is -2.30. The molecule has 2 N–H and O–H groups in total. The molecule has 0 saturated carbocycles. The first-order valence-corrected chi connectivity index (χ1v) is 6.91. The predicted octanol–water partition coefficient (Wildman–Crippen LogP) is 2.85. The Morgan fingerprint density at radius 2 is 2.09 bits per heavy atom. The Balaban J connectivity index is 2.21. The molecule has 0 heterocycles. The van der Waals surface area contributed by atoms with E-state index in [1.807, 2.05) is 0 Å². The smallest absolute Gasteiger partial charge is 0.270 e. The minimum Gasteiger partial charge on any atom is -0.394 e. The van der Waals surface area contributed by atoms with Crippen LogP contribution in [0.15, 0.2) is 42.5 Å². The fourth-order valence-corrected chi connectivity index (χ4v) is 2.08. The van der Waals surface area contributed by atoms with Crippen LogP contribution < -0.4 is 5.32 Å². The Morgan fingerprint density at radius 1 is 1.35 bits per heavy atom. The molecule has 2 aromatic rings. The van der Waals surface area contributed by atoms with Gasteiger partial charge in [0.15, 0.2) is 0 Å². The zero-order chi connectivity index (χ0) is 17.0. The molecule has 0 aliphatic carbocycles. The van der Waals surface area contributed by atoms with E-state index in [-0.39, 0.29) is 16.3 Å². The summed E-state index contributed by atoms with van der Waals surface area (Å²) in [5.41, 5.74) is 0.163. The summed E-state index contributed by atoms with van der Waals surface area (Å²) in [6, 6.07) is 8.18. The molecular weight excluding hydrogens is 327 g/mol. The van der Waals surface area contributed by atoms with Gasteiger partial charge in [-0.1, -0.05) is 23.7 Å². The van der Waals surface area contributed by atoms with Gasteiger partial charge in [-0.3, -0.25) is 14.9 Å². The largest absolute Gasteiger partial charge is 0.394 e. The van der Waals surface area contributed by atoms with E-state index >= 15 is 0 Å². The number of nitro benzene ring substituents is 1. The summed E-state index contributed by atoms with van der Waals surface area (Å²) in [4.78, 5) is 22.3. The topological polar surface area (TPSA) is 92.5 Å². The number of halogens is 2. The van der Waals surface area contributed by atoms with Gasteiger partial charge in [0, 0.05) is 17.7 Å². The standard InChI is InChI=1S/C15H12ClFN2O4/c16-12-5-4-9(7-13(12)17)14(8-20)18-15(21)10-2-1-3-11(6-10)19(22)23/h1-7,14,20H,8H2,(H,18,21). The van der Waals surface area contributed by atoms with Crippen molar-refractivity contribution < 1.29 is 19.2 Å². The maximum Gasteiger partial charge on any atom is 0.270 e. The zero-order valence-electron chi connectivity index (χ0n) is 11.7. The number of hydrogen-bond donors (Lipinski definition) is 2. The number of benzene rings is 2. The van der Waals surface area contributed by atoms with Crippen LogP contribution >= 0.6 is 11.6 Å². The van der Waals surface area contributed by atoms with Crippen LogP contribution in [0.4, 0.5) is 10.1 Å². The maximum atomic E-state index is 13.5. The van der Waals surface area contributed by atoms with Crippen LogP contribution in [0.1, 0.15) is 22.0 Å². The average molecular weight is 339 g/mol. The summed E-state index contributed by atoms with van der Waals surface area (Å²) < 4.78 is 13.5. The number of nitro groups is 1. The molecule has 0 aromatic heterocycles. The number of nitrogens with zero attached hydrogens (tertiary/aromatic N) is 1. The van der Waals surface area contributed by atoms with E-state index in [1.165, 1.54) is 30.3 Å². The molecule has 1 amide bonds. The second-order valence-electron chi connectivity index (χ2n) is 4.69. The van der Waals surface area contributed by atoms with E-state index in [0.29, 0.717) is 5.56 Å². The van der Waals surface area contributed by atoms with Crippen LogP contribution in [0, 0.1) is 15.9 Å². The van der Waals surface area contributed by atoms with Gasteiger partial charge in [0.1, 0.15) is 5.82 Å². The highest BCUT2D eigenvalue weighted by molar-refractivity contribution is 6.30. The molecule has 8 heteroatoms. The van der Waals surface area contributed by atoms with Crippen LogP contribution in [0.3, 0.4) is 0 Å². The number of non-ortho nitro benzene ring substituents is 1. The predicted molar refractivity (Wildman–Crippen MR) is 81.8 cm³/mol. The molecule has 0 radical (unpaired) electrons. The minimum absolute atomic E-state index is 0.0621. The number of carbonyl (C=O) groups excluding carboxylic acids is 1. The second kappa shape index (κ2) is 7.17. The molecule has 2 aromatic carbocycles. The SMILES string of the molecule is O=C(NC(CO)c1ccc(Cl)c(F)c1)c1cccc([N+](=O)[O-])c1. The molecule has 6 nitrogen and oxygen atoms in total. The van der Waals surface area contributed by atoms with Gasteiger partial charge in [-0.25, -0.2) is 4.39 Å². The Morgan fingerprint density at radius 3 is 2.70 bits per heavy atom. The number of hydrogen-bond acceptors (Lipinski definition) is 4. The Kier molecular flexibility index (Phi) is 5.25. The first kappa shape index (κ1) is 16.9. The number of aliphatic hydroxyl groups excluding tert-OH is 1. The van der Waals surface area contributed by atoms with Gasteiger partial charge in [0.25, 0.3) is 11.6 Å². The molecule has 0 spiro atoms. The molecule has 0 aliphatic heterocycles. The third-order valence-electron chi connectivity index (χ3n) is 3.15. The van der Waals surface area contributed by atoms with Crippen LogP contribution in [0.2, 0.25) is 5.02 Å². The van der Waals surface area contributed by atoms with E-state index in [9.17, 15) is 24.4 Å². The van der Waals surface area contributed by atoms with Crippen molar-refractivity contribution >= 4 is 23.2 Å². The molecule has 0 fully saturated rings. The number of nitrogens with one attached hydrogen (secondary N) is 1. The van der Waals surface area contributed by atoms with Crippen molar-refractivity contribution in [1.82, 2.24) is 5.32 Å². The van der Waals surface area contributed by atoms with E-state index in [4.69, 9.17) is 11.6 Å². The average Bonchev–Trinajstić information content (AvgIpc) is 2.55. The van der Waals surface area contributed by atoms with Gasteiger partial charge in [0.2, 0.25) is 0 Å². The van der Waals surface area contributed by atoms with Gasteiger partial charge in [0.05, 0.1) is 22.6 Å². The van der Waals surface area contributed by atoms with Crippen LogP contribution in [-0.4, -0.2) is 22.5 Å². The van der Waals surface area contributed by atoms with E-state index in [0.717, 1.165) is 12.1 Å². The van der Waals surface area contributed by atoms with E-state index in [2.05, 4.69) is 5.32 Å².